The van der Waals surface area contributed by atoms with Crippen molar-refractivity contribution in [1.29, 1.82) is 0 Å². The van der Waals surface area contributed by atoms with Crippen molar-refractivity contribution in [3.63, 3.8) is 0 Å². The number of amides is 1. The highest BCUT2D eigenvalue weighted by Crippen LogP contribution is 2.20. The molecule has 1 aliphatic rings. The zero-order chi connectivity index (χ0) is 21.5. The molecule has 5 rings (SSSR count). The first-order valence-electron chi connectivity index (χ1n) is 9.87. The van der Waals surface area contributed by atoms with E-state index < -0.39 is 5.97 Å². The van der Waals surface area contributed by atoms with Gasteiger partial charge in [0, 0.05) is 26.6 Å². The van der Waals surface area contributed by atoms with Crippen LogP contribution in [-0.4, -0.2) is 42.5 Å². The number of carbonyl (C=O) groups is 2. The van der Waals surface area contributed by atoms with E-state index in [1.807, 2.05) is 28.5 Å². The molecule has 31 heavy (non-hydrogen) atoms. The number of benzene rings is 1. The average Bonchev–Trinajstić information content (AvgIpc) is 3.51. The van der Waals surface area contributed by atoms with Crippen LogP contribution in [0.3, 0.4) is 0 Å². The Labute approximate surface area is 180 Å². The number of fused-ring (bicyclic) bond motifs is 3. The van der Waals surface area contributed by atoms with Gasteiger partial charge < -0.3 is 9.64 Å². The minimum Gasteiger partial charge on any atom is -0.454 e. The Morgan fingerprint density at radius 2 is 1.97 bits per heavy atom. The minimum absolute atomic E-state index is 0.0762. The molecule has 0 unspecified atom stereocenters. The monoisotopic (exact) mass is 437 g/mol. The molecule has 4 heterocycles. The van der Waals surface area contributed by atoms with Crippen LogP contribution in [0, 0.1) is 0 Å². The number of aromatic nitrogens is 4. The van der Waals surface area contributed by atoms with Crippen LogP contribution >= 0.6 is 11.3 Å². The maximum absolute atomic E-state index is 12.5. The predicted octanol–water partition coefficient (Wildman–Crippen LogP) is 2.12. The van der Waals surface area contributed by atoms with Crippen molar-refractivity contribution in [2.45, 2.75) is 26.0 Å². The van der Waals surface area contributed by atoms with Crippen LogP contribution in [0.25, 0.3) is 16.0 Å². The fraction of sp³-hybridized carbons (Fsp3) is 0.286. The first kappa shape index (κ1) is 19.4. The number of esters is 1. The second-order valence-corrected chi connectivity index (χ2v) is 8.36. The lowest BCUT2D eigenvalue weighted by molar-refractivity contribution is -0.128. The molecule has 1 saturated heterocycles. The van der Waals surface area contributed by atoms with Crippen molar-refractivity contribution in [3.8, 4) is 0 Å². The molecule has 10 heteroatoms. The molecule has 0 spiro atoms. The molecule has 0 aliphatic carbocycles. The highest BCUT2D eigenvalue weighted by molar-refractivity contribution is 7.17. The van der Waals surface area contributed by atoms with E-state index in [0.717, 1.165) is 18.5 Å². The molecular formula is C21H19N5O4S. The van der Waals surface area contributed by atoms with E-state index in [1.54, 1.807) is 23.6 Å². The van der Waals surface area contributed by atoms with E-state index in [2.05, 4.69) is 10.2 Å². The van der Waals surface area contributed by atoms with E-state index in [0.29, 0.717) is 40.3 Å². The van der Waals surface area contributed by atoms with Crippen LogP contribution < -0.4 is 5.56 Å². The van der Waals surface area contributed by atoms with E-state index in [9.17, 15) is 14.4 Å². The Balaban J connectivity index is 1.32. The Morgan fingerprint density at radius 3 is 2.71 bits per heavy atom. The number of nitrogens with zero attached hydrogens (tertiary/aromatic N) is 5. The SMILES string of the molecule is Cn1c(=O)c2sccc2n2c(COC(=O)c3ccc(CN4CCCC4=O)cc3)nnc12. The second-order valence-electron chi connectivity index (χ2n) is 7.44. The topological polar surface area (TPSA) is 98.8 Å². The van der Waals surface area contributed by atoms with Crippen molar-refractivity contribution >= 4 is 39.2 Å². The van der Waals surface area contributed by atoms with Gasteiger partial charge in [0.1, 0.15) is 4.70 Å². The average molecular weight is 437 g/mol. The zero-order valence-corrected chi connectivity index (χ0v) is 17.6. The number of thiophene rings is 1. The van der Waals surface area contributed by atoms with Crippen LogP contribution in [0.2, 0.25) is 0 Å². The van der Waals surface area contributed by atoms with Crippen LogP contribution in [-0.2, 0) is 29.7 Å². The van der Waals surface area contributed by atoms with Gasteiger partial charge in [-0.15, -0.1) is 21.5 Å². The number of rotatable bonds is 5. The summed E-state index contributed by atoms with van der Waals surface area (Å²) < 4.78 is 9.21. The van der Waals surface area contributed by atoms with Gasteiger partial charge in [0.2, 0.25) is 11.7 Å². The van der Waals surface area contributed by atoms with E-state index in [-0.39, 0.29) is 18.1 Å². The van der Waals surface area contributed by atoms with Gasteiger partial charge in [0.15, 0.2) is 12.4 Å². The Hall–Kier alpha value is -3.53. The van der Waals surface area contributed by atoms with Crippen molar-refractivity contribution in [3.05, 3.63) is 63.0 Å². The first-order valence-corrected chi connectivity index (χ1v) is 10.7. The van der Waals surface area contributed by atoms with E-state index >= 15 is 0 Å². The Bertz CT molecular complexity index is 1370. The number of ether oxygens (including phenoxy) is 1. The molecule has 3 aromatic heterocycles. The second kappa shape index (κ2) is 7.62. The smallest absolute Gasteiger partial charge is 0.338 e. The van der Waals surface area contributed by atoms with Crippen LogP contribution in [0.1, 0.15) is 34.6 Å². The minimum atomic E-state index is -0.480. The third-order valence-electron chi connectivity index (χ3n) is 5.46. The van der Waals surface area contributed by atoms with Crippen LogP contribution in [0.5, 0.6) is 0 Å². The summed E-state index contributed by atoms with van der Waals surface area (Å²) >= 11 is 1.35. The van der Waals surface area contributed by atoms with Crippen molar-refractivity contribution in [1.82, 2.24) is 24.1 Å². The van der Waals surface area contributed by atoms with Gasteiger partial charge in [-0.2, -0.15) is 0 Å². The van der Waals surface area contributed by atoms with Gasteiger partial charge in [0.25, 0.3) is 5.56 Å². The summed E-state index contributed by atoms with van der Waals surface area (Å²) in [5.74, 6) is 0.516. The number of hydrogen-bond acceptors (Lipinski definition) is 7. The quantitative estimate of drug-likeness (QED) is 0.444. The maximum Gasteiger partial charge on any atom is 0.338 e. The molecule has 0 radical (unpaired) electrons. The summed E-state index contributed by atoms with van der Waals surface area (Å²) in [6.07, 6.45) is 1.50. The lowest BCUT2D eigenvalue weighted by atomic mass is 10.1. The van der Waals surface area contributed by atoms with Gasteiger partial charge in [-0.25, -0.2) is 4.79 Å². The summed E-state index contributed by atoms with van der Waals surface area (Å²) in [7, 11) is 1.64. The van der Waals surface area contributed by atoms with Gasteiger partial charge >= 0.3 is 5.97 Å². The largest absolute Gasteiger partial charge is 0.454 e. The van der Waals surface area contributed by atoms with Crippen molar-refractivity contribution in [2.75, 3.05) is 6.54 Å². The standard InChI is InChI=1S/C21H19N5O4S/c1-24-19(28)18-15(8-10-31-18)26-16(22-23-21(24)26)12-30-20(29)14-6-4-13(5-7-14)11-25-9-2-3-17(25)27/h4-8,10H,2-3,9,11-12H2,1H3. The third kappa shape index (κ3) is 3.38. The highest BCUT2D eigenvalue weighted by Gasteiger charge is 2.20. The number of carbonyl (C=O) groups excluding carboxylic acids is 2. The molecule has 1 amide bonds. The first-order chi connectivity index (χ1) is 15.0. The van der Waals surface area contributed by atoms with Crippen molar-refractivity contribution < 1.29 is 14.3 Å². The number of aryl methyl sites for hydroxylation is 1. The molecule has 4 aromatic rings. The molecular weight excluding hydrogens is 418 g/mol. The highest BCUT2D eigenvalue weighted by atomic mass is 32.1. The summed E-state index contributed by atoms with van der Waals surface area (Å²) in [6.45, 7) is 1.25. The number of hydrogen-bond donors (Lipinski definition) is 0. The van der Waals surface area contributed by atoms with E-state index in [4.69, 9.17) is 4.74 Å². The molecule has 0 bridgehead atoms. The maximum atomic E-state index is 12.5. The third-order valence-corrected chi connectivity index (χ3v) is 6.36. The van der Waals surface area contributed by atoms with Crippen LogP contribution in [0.4, 0.5) is 0 Å². The molecule has 0 N–H and O–H groups in total. The molecule has 1 aliphatic heterocycles. The summed E-state index contributed by atoms with van der Waals surface area (Å²) in [5.41, 5.74) is 1.94. The van der Waals surface area contributed by atoms with E-state index in [1.165, 1.54) is 15.9 Å². The fourth-order valence-electron chi connectivity index (χ4n) is 3.80. The fourth-order valence-corrected chi connectivity index (χ4v) is 4.65. The van der Waals surface area contributed by atoms with Gasteiger partial charge in [-0.3, -0.25) is 18.6 Å². The molecule has 0 saturated carbocycles. The molecule has 1 fully saturated rings. The normalized spacial score (nSPS) is 14.1. The van der Waals surface area contributed by atoms with Gasteiger partial charge in [0.05, 0.1) is 11.1 Å². The summed E-state index contributed by atoms with van der Waals surface area (Å²) in [5, 5.41) is 10.0. The molecule has 1 aromatic carbocycles. The number of likely N-dealkylation sites (tertiary alicyclic amines) is 1. The summed E-state index contributed by atoms with van der Waals surface area (Å²) in [6, 6.07) is 8.88. The molecule has 0 atom stereocenters. The summed E-state index contributed by atoms with van der Waals surface area (Å²) in [4.78, 5) is 38.5. The molecule has 9 nitrogen and oxygen atoms in total. The Morgan fingerprint density at radius 1 is 1.16 bits per heavy atom. The molecule has 158 valence electrons. The lowest BCUT2D eigenvalue weighted by Gasteiger charge is -2.15. The van der Waals surface area contributed by atoms with Crippen molar-refractivity contribution in [2.24, 2.45) is 7.05 Å². The predicted molar refractivity (Wildman–Crippen MR) is 114 cm³/mol. The zero-order valence-electron chi connectivity index (χ0n) is 16.8. The van der Waals surface area contributed by atoms with Gasteiger partial charge in [-0.1, -0.05) is 12.1 Å². The Kier molecular flexibility index (Phi) is 4.78. The lowest BCUT2D eigenvalue weighted by Crippen LogP contribution is -2.23. The van der Waals surface area contributed by atoms with Gasteiger partial charge in [-0.05, 0) is 35.6 Å². The van der Waals surface area contributed by atoms with Crippen LogP contribution in [0.15, 0.2) is 40.5 Å².